The maximum atomic E-state index is 15.4. The number of benzene rings is 4. The molecule has 2 heterocycles. The highest BCUT2D eigenvalue weighted by molar-refractivity contribution is 7.76. The third kappa shape index (κ3) is 6.91. The molecule has 0 amide bonds. The zero-order chi connectivity index (χ0) is 29.5. The number of piperidine rings is 1. The van der Waals surface area contributed by atoms with Crippen LogP contribution in [0.5, 0.6) is 5.75 Å². The SMILES string of the molecule is Cc1cccc(N2CCCCC2)c1C(NP(=O)(c1ccccc1)c1ccccc1)c1ccc(OCCN2CCCC2)cc1. The molecule has 1 N–H and O–H groups in total. The minimum absolute atomic E-state index is 0.289. The highest BCUT2D eigenvalue weighted by atomic mass is 31.2. The first-order valence-corrected chi connectivity index (χ1v) is 17.6. The number of nitrogens with zero attached hydrogens (tertiary/aromatic N) is 2. The number of rotatable bonds is 11. The van der Waals surface area contributed by atoms with E-state index in [2.05, 4.69) is 64.3 Å². The minimum atomic E-state index is -3.24. The topological polar surface area (TPSA) is 44.8 Å². The molecule has 2 aliphatic heterocycles. The van der Waals surface area contributed by atoms with E-state index in [1.807, 2.05) is 60.7 Å². The zero-order valence-electron chi connectivity index (χ0n) is 25.3. The molecule has 5 nitrogen and oxygen atoms in total. The molecule has 0 bridgehead atoms. The van der Waals surface area contributed by atoms with Crippen LogP contribution in [0.3, 0.4) is 0 Å². The van der Waals surface area contributed by atoms with Crippen molar-refractivity contribution in [2.24, 2.45) is 0 Å². The van der Waals surface area contributed by atoms with Gasteiger partial charge in [0.05, 0.1) is 6.04 Å². The molecule has 0 spiro atoms. The van der Waals surface area contributed by atoms with Crippen LogP contribution in [0.2, 0.25) is 0 Å². The van der Waals surface area contributed by atoms with Gasteiger partial charge in [-0.25, -0.2) is 5.09 Å². The van der Waals surface area contributed by atoms with E-state index in [0.29, 0.717) is 6.61 Å². The summed E-state index contributed by atoms with van der Waals surface area (Å²) >= 11 is 0. The van der Waals surface area contributed by atoms with Crippen LogP contribution in [0.25, 0.3) is 0 Å². The number of ether oxygens (including phenoxy) is 1. The highest BCUT2D eigenvalue weighted by Gasteiger charge is 2.34. The molecule has 4 aromatic rings. The van der Waals surface area contributed by atoms with Crippen molar-refractivity contribution >= 4 is 23.6 Å². The van der Waals surface area contributed by atoms with E-state index >= 15 is 4.57 Å². The fourth-order valence-corrected chi connectivity index (χ4v) is 8.99. The van der Waals surface area contributed by atoms with Crippen LogP contribution in [0.15, 0.2) is 103 Å². The number of hydrogen-bond acceptors (Lipinski definition) is 4. The maximum Gasteiger partial charge on any atom is 0.205 e. The van der Waals surface area contributed by atoms with Crippen LogP contribution in [0.1, 0.15) is 54.8 Å². The van der Waals surface area contributed by atoms with Gasteiger partial charge in [-0.1, -0.05) is 60.7 Å². The molecule has 0 saturated carbocycles. The number of hydrogen-bond donors (Lipinski definition) is 1. The van der Waals surface area contributed by atoms with Crippen molar-refractivity contribution in [3.63, 3.8) is 0 Å². The average molecular weight is 594 g/mol. The molecule has 2 fully saturated rings. The van der Waals surface area contributed by atoms with E-state index < -0.39 is 7.29 Å². The van der Waals surface area contributed by atoms with Crippen molar-refractivity contribution in [2.75, 3.05) is 44.2 Å². The summed E-state index contributed by atoms with van der Waals surface area (Å²) in [7, 11) is -3.24. The van der Waals surface area contributed by atoms with E-state index in [4.69, 9.17) is 4.74 Å². The Hall–Kier alpha value is -3.37. The van der Waals surface area contributed by atoms with Gasteiger partial charge in [0.15, 0.2) is 0 Å². The summed E-state index contributed by atoms with van der Waals surface area (Å²) in [6.07, 6.45) is 6.24. The predicted octanol–water partition coefficient (Wildman–Crippen LogP) is 7.07. The van der Waals surface area contributed by atoms with Gasteiger partial charge in [-0.05, 0) is 106 Å². The first-order valence-electron chi connectivity index (χ1n) is 15.9. The quantitative estimate of drug-likeness (QED) is 0.189. The maximum absolute atomic E-state index is 15.4. The van der Waals surface area contributed by atoms with Gasteiger partial charge >= 0.3 is 0 Å². The lowest BCUT2D eigenvalue weighted by Gasteiger charge is -2.35. The smallest absolute Gasteiger partial charge is 0.205 e. The summed E-state index contributed by atoms with van der Waals surface area (Å²) in [6.45, 7) is 8.27. The lowest BCUT2D eigenvalue weighted by atomic mass is 9.92. The molecule has 224 valence electrons. The highest BCUT2D eigenvalue weighted by Crippen LogP contribution is 2.46. The second-order valence-electron chi connectivity index (χ2n) is 11.9. The van der Waals surface area contributed by atoms with Crippen LogP contribution in [-0.4, -0.2) is 44.2 Å². The summed E-state index contributed by atoms with van der Waals surface area (Å²) in [5.74, 6) is 0.872. The fraction of sp³-hybridized carbons (Fsp3) is 0.351. The van der Waals surface area contributed by atoms with Gasteiger partial charge in [0.2, 0.25) is 7.29 Å². The van der Waals surface area contributed by atoms with Gasteiger partial charge in [-0.15, -0.1) is 0 Å². The van der Waals surface area contributed by atoms with Crippen molar-refractivity contribution in [1.29, 1.82) is 0 Å². The van der Waals surface area contributed by atoms with Crippen LogP contribution in [0, 0.1) is 6.92 Å². The van der Waals surface area contributed by atoms with E-state index in [-0.39, 0.29) is 6.04 Å². The third-order valence-corrected chi connectivity index (χ3v) is 11.6. The molecule has 4 aromatic carbocycles. The number of nitrogens with one attached hydrogen (secondary N) is 1. The Labute approximate surface area is 257 Å². The summed E-state index contributed by atoms with van der Waals surface area (Å²) in [5.41, 5.74) is 4.70. The van der Waals surface area contributed by atoms with E-state index in [9.17, 15) is 0 Å². The van der Waals surface area contributed by atoms with Crippen LogP contribution in [-0.2, 0) is 4.57 Å². The van der Waals surface area contributed by atoms with Gasteiger partial charge in [-0.3, -0.25) is 9.46 Å². The Morgan fingerprint density at radius 2 is 1.33 bits per heavy atom. The molecule has 6 heteroatoms. The van der Waals surface area contributed by atoms with Crippen molar-refractivity contribution < 1.29 is 9.30 Å². The minimum Gasteiger partial charge on any atom is -0.492 e. The molecule has 1 unspecified atom stereocenters. The zero-order valence-corrected chi connectivity index (χ0v) is 26.2. The first-order chi connectivity index (χ1) is 21.1. The second kappa shape index (κ2) is 13.9. The Morgan fingerprint density at radius 1 is 0.721 bits per heavy atom. The number of aryl methyl sites for hydroxylation is 1. The summed E-state index contributed by atoms with van der Waals surface area (Å²) in [5, 5.41) is 5.41. The molecular formula is C37H44N3O2P. The van der Waals surface area contributed by atoms with Crippen molar-refractivity contribution in [1.82, 2.24) is 9.99 Å². The lowest BCUT2D eigenvalue weighted by molar-refractivity contribution is 0.237. The van der Waals surface area contributed by atoms with Crippen molar-refractivity contribution in [3.05, 3.63) is 120 Å². The Bertz CT molecular complexity index is 1450. The molecule has 6 rings (SSSR count). The van der Waals surface area contributed by atoms with Gasteiger partial charge in [0, 0.05) is 41.5 Å². The van der Waals surface area contributed by atoms with E-state index in [1.165, 1.54) is 62.0 Å². The number of anilines is 1. The monoisotopic (exact) mass is 593 g/mol. The molecule has 0 aliphatic carbocycles. The van der Waals surface area contributed by atoms with E-state index in [1.54, 1.807) is 0 Å². The normalized spacial score (nSPS) is 16.7. The molecule has 0 aromatic heterocycles. The largest absolute Gasteiger partial charge is 0.492 e. The Morgan fingerprint density at radius 3 is 1.95 bits per heavy atom. The van der Waals surface area contributed by atoms with Crippen molar-refractivity contribution in [3.8, 4) is 5.75 Å². The van der Waals surface area contributed by atoms with Gasteiger partial charge in [0.25, 0.3) is 0 Å². The molecule has 43 heavy (non-hydrogen) atoms. The van der Waals surface area contributed by atoms with Crippen LogP contribution < -0.4 is 25.3 Å². The summed E-state index contributed by atoms with van der Waals surface area (Å²) < 4.78 is 21.5. The van der Waals surface area contributed by atoms with Gasteiger partial charge in [0.1, 0.15) is 12.4 Å². The predicted molar refractivity (Wildman–Crippen MR) is 180 cm³/mol. The molecule has 0 radical (unpaired) electrons. The van der Waals surface area contributed by atoms with Crippen molar-refractivity contribution in [2.45, 2.75) is 45.1 Å². The molecule has 2 saturated heterocycles. The van der Waals surface area contributed by atoms with Crippen LogP contribution >= 0.6 is 7.29 Å². The fourth-order valence-electron chi connectivity index (χ4n) is 6.57. The van der Waals surface area contributed by atoms with Gasteiger partial charge < -0.3 is 9.64 Å². The molecule has 1 atom stereocenters. The average Bonchev–Trinajstić information content (AvgIpc) is 3.59. The van der Waals surface area contributed by atoms with Gasteiger partial charge in [-0.2, -0.15) is 0 Å². The van der Waals surface area contributed by atoms with Crippen LogP contribution in [0.4, 0.5) is 5.69 Å². The van der Waals surface area contributed by atoms with E-state index in [0.717, 1.165) is 41.6 Å². The lowest BCUT2D eigenvalue weighted by Crippen LogP contribution is -2.34. The molecular weight excluding hydrogens is 549 g/mol. The summed E-state index contributed by atoms with van der Waals surface area (Å²) in [4.78, 5) is 4.99. The third-order valence-electron chi connectivity index (χ3n) is 8.93. The number of likely N-dealkylation sites (tertiary alicyclic amines) is 1. The Balaban J connectivity index is 1.39. The second-order valence-corrected chi connectivity index (χ2v) is 14.4. The first kappa shape index (κ1) is 29.7. The molecule has 2 aliphatic rings. The standard InChI is InChI=1S/C37H44N3O2P/c1-30-14-13-19-35(40-26-9-4-10-27-40)36(30)37(31-20-22-32(23-21-31)42-29-28-39-24-11-12-25-39)38-43(41,33-15-5-2-6-16-33)34-17-7-3-8-18-34/h2-3,5-8,13-23,37H,4,9-12,24-29H2,1H3,(H,38,41). The Kier molecular flexibility index (Phi) is 9.63. The summed E-state index contributed by atoms with van der Waals surface area (Å²) in [6, 6.07) is 34.5.